The van der Waals surface area contributed by atoms with Crippen molar-refractivity contribution in [2.75, 3.05) is 18.5 Å². The second kappa shape index (κ2) is 4.57. The molecule has 2 heterocycles. The highest BCUT2D eigenvalue weighted by Gasteiger charge is 2.15. The summed E-state index contributed by atoms with van der Waals surface area (Å²) in [5.41, 5.74) is 1.08. The Bertz CT molecular complexity index is 321. The van der Waals surface area contributed by atoms with Crippen LogP contribution in [0.5, 0.6) is 0 Å². The molecule has 0 saturated carbocycles. The third-order valence-corrected chi connectivity index (χ3v) is 2.56. The van der Waals surface area contributed by atoms with E-state index in [1.165, 1.54) is 0 Å². The molecule has 1 aromatic rings. The van der Waals surface area contributed by atoms with Crippen LogP contribution < -0.4 is 5.32 Å². The molecule has 0 unspecified atom stereocenters. The summed E-state index contributed by atoms with van der Waals surface area (Å²) in [6.07, 6.45) is 2.68. The predicted molar refractivity (Wildman–Crippen MR) is 59.0 cm³/mol. The summed E-state index contributed by atoms with van der Waals surface area (Å²) in [6, 6.07) is 2.42. The number of hydrogen-bond acceptors (Lipinski definition) is 4. The van der Waals surface area contributed by atoms with Gasteiger partial charge in [-0.3, -0.25) is 0 Å². The van der Waals surface area contributed by atoms with Crippen LogP contribution >= 0.6 is 0 Å². The Morgan fingerprint density at radius 3 is 3.00 bits per heavy atom. The molecule has 4 nitrogen and oxygen atoms in total. The summed E-state index contributed by atoms with van der Waals surface area (Å²) >= 11 is 0. The summed E-state index contributed by atoms with van der Waals surface area (Å²) in [5, 5.41) is 3.36. The van der Waals surface area contributed by atoms with Crippen molar-refractivity contribution in [3.05, 3.63) is 18.1 Å². The first-order valence-electron chi connectivity index (χ1n) is 5.42. The van der Waals surface area contributed by atoms with Gasteiger partial charge >= 0.3 is 0 Å². The SMILES string of the molecule is CC(C)c1cc(N[C@@H]2CCOC2)ncn1. The normalized spacial score (nSPS) is 20.9. The molecule has 0 bridgehead atoms. The van der Waals surface area contributed by atoms with E-state index in [0.29, 0.717) is 12.0 Å². The van der Waals surface area contributed by atoms with E-state index in [2.05, 4.69) is 29.1 Å². The van der Waals surface area contributed by atoms with Crippen LogP contribution in [-0.2, 0) is 4.74 Å². The van der Waals surface area contributed by atoms with E-state index in [9.17, 15) is 0 Å². The number of rotatable bonds is 3. The molecule has 1 aliphatic heterocycles. The monoisotopic (exact) mass is 207 g/mol. The Labute approximate surface area is 90.1 Å². The minimum absolute atomic E-state index is 0.403. The minimum atomic E-state index is 0.403. The Morgan fingerprint density at radius 1 is 1.47 bits per heavy atom. The quantitative estimate of drug-likeness (QED) is 0.821. The second-order valence-electron chi connectivity index (χ2n) is 4.19. The Kier molecular flexibility index (Phi) is 3.16. The van der Waals surface area contributed by atoms with Crippen molar-refractivity contribution in [2.24, 2.45) is 0 Å². The molecule has 0 aliphatic carbocycles. The lowest BCUT2D eigenvalue weighted by atomic mass is 10.1. The Hall–Kier alpha value is -1.16. The van der Waals surface area contributed by atoms with E-state index in [-0.39, 0.29) is 0 Å². The molecule has 1 fully saturated rings. The zero-order chi connectivity index (χ0) is 10.7. The van der Waals surface area contributed by atoms with Gasteiger partial charge in [-0.25, -0.2) is 9.97 Å². The first-order valence-corrected chi connectivity index (χ1v) is 5.42. The first-order chi connectivity index (χ1) is 7.25. The smallest absolute Gasteiger partial charge is 0.129 e. The number of anilines is 1. The lowest BCUT2D eigenvalue weighted by molar-refractivity contribution is 0.195. The van der Waals surface area contributed by atoms with E-state index < -0.39 is 0 Å². The van der Waals surface area contributed by atoms with Gasteiger partial charge in [0.05, 0.1) is 12.6 Å². The van der Waals surface area contributed by atoms with Gasteiger partial charge in [0.25, 0.3) is 0 Å². The Morgan fingerprint density at radius 2 is 2.33 bits per heavy atom. The van der Waals surface area contributed by atoms with E-state index in [1.54, 1.807) is 6.33 Å². The molecule has 0 spiro atoms. The molecule has 0 amide bonds. The van der Waals surface area contributed by atoms with Gasteiger partial charge in [0.2, 0.25) is 0 Å². The van der Waals surface area contributed by atoms with E-state index >= 15 is 0 Å². The lowest BCUT2D eigenvalue weighted by Crippen LogP contribution is -2.19. The third-order valence-electron chi connectivity index (χ3n) is 2.56. The van der Waals surface area contributed by atoms with Crippen molar-refractivity contribution in [1.29, 1.82) is 0 Å². The van der Waals surface area contributed by atoms with Crippen molar-refractivity contribution < 1.29 is 4.74 Å². The molecule has 1 aliphatic rings. The second-order valence-corrected chi connectivity index (χ2v) is 4.19. The van der Waals surface area contributed by atoms with E-state index in [0.717, 1.165) is 31.1 Å². The summed E-state index contributed by atoms with van der Waals surface area (Å²) in [6.45, 7) is 5.89. The standard InChI is InChI=1S/C11H17N3O/c1-8(2)10-5-11(13-7-12-10)14-9-3-4-15-6-9/h5,7-9H,3-4,6H2,1-2H3,(H,12,13,14)/t9-/m1/s1. The molecule has 15 heavy (non-hydrogen) atoms. The van der Waals surface area contributed by atoms with Crippen LogP contribution in [0.25, 0.3) is 0 Å². The van der Waals surface area contributed by atoms with Gasteiger partial charge in [-0.05, 0) is 12.3 Å². The fraction of sp³-hybridized carbons (Fsp3) is 0.636. The number of ether oxygens (including phenoxy) is 1. The third kappa shape index (κ3) is 2.65. The number of hydrogen-bond donors (Lipinski definition) is 1. The van der Waals surface area contributed by atoms with Crippen molar-refractivity contribution in [3.63, 3.8) is 0 Å². The van der Waals surface area contributed by atoms with Crippen molar-refractivity contribution in [1.82, 2.24) is 9.97 Å². The largest absolute Gasteiger partial charge is 0.379 e. The average molecular weight is 207 g/mol. The van der Waals surface area contributed by atoms with Gasteiger partial charge in [-0.2, -0.15) is 0 Å². The van der Waals surface area contributed by atoms with Gasteiger partial charge < -0.3 is 10.1 Å². The summed E-state index contributed by atoms with van der Waals surface area (Å²) < 4.78 is 5.30. The highest BCUT2D eigenvalue weighted by molar-refractivity contribution is 5.36. The fourth-order valence-electron chi connectivity index (χ4n) is 1.62. The van der Waals surface area contributed by atoms with Crippen LogP contribution in [0, 0.1) is 0 Å². The molecule has 0 radical (unpaired) electrons. The molecular weight excluding hydrogens is 190 g/mol. The average Bonchev–Trinajstić information content (AvgIpc) is 2.71. The lowest BCUT2D eigenvalue weighted by Gasteiger charge is -2.12. The molecular formula is C11H17N3O. The van der Waals surface area contributed by atoms with Crippen molar-refractivity contribution in [3.8, 4) is 0 Å². The molecule has 1 saturated heterocycles. The fourth-order valence-corrected chi connectivity index (χ4v) is 1.62. The van der Waals surface area contributed by atoms with Crippen molar-refractivity contribution in [2.45, 2.75) is 32.2 Å². The van der Waals surface area contributed by atoms with Gasteiger partial charge in [0.1, 0.15) is 12.1 Å². The van der Waals surface area contributed by atoms with Crippen LogP contribution in [0.2, 0.25) is 0 Å². The first kappa shape index (κ1) is 10.4. The summed E-state index contributed by atoms with van der Waals surface area (Å²) in [4.78, 5) is 8.44. The molecule has 82 valence electrons. The maximum absolute atomic E-state index is 5.30. The maximum atomic E-state index is 5.30. The Balaban J connectivity index is 2.04. The molecule has 4 heteroatoms. The van der Waals surface area contributed by atoms with Crippen molar-refractivity contribution >= 4 is 5.82 Å². The van der Waals surface area contributed by atoms with E-state index in [1.807, 2.05) is 6.07 Å². The molecule has 1 atom stereocenters. The van der Waals surface area contributed by atoms with Crippen LogP contribution in [0.15, 0.2) is 12.4 Å². The number of nitrogens with zero attached hydrogens (tertiary/aromatic N) is 2. The number of aromatic nitrogens is 2. The van der Waals surface area contributed by atoms with Crippen LogP contribution in [0.3, 0.4) is 0 Å². The molecule has 0 aromatic carbocycles. The van der Waals surface area contributed by atoms with E-state index in [4.69, 9.17) is 4.74 Å². The molecule has 1 N–H and O–H groups in total. The summed E-state index contributed by atoms with van der Waals surface area (Å²) in [5.74, 6) is 1.34. The van der Waals surface area contributed by atoms with Gasteiger partial charge in [-0.15, -0.1) is 0 Å². The highest BCUT2D eigenvalue weighted by atomic mass is 16.5. The zero-order valence-electron chi connectivity index (χ0n) is 9.23. The van der Waals surface area contributed by atoms with Crippen LogP contribution in [0.4, 0.5) is 5.82 Å². The van der Waals surface area contributed by atoms with Gasteiger partial charge in [0.15, 0.2) is 0 Å². The minimum Gasteiger partial charge on any atom is -0.379 e. The molecule has 1 aromatic heterocycles. The summed E-state index contributed by atoms with van der Waals surface area (Å²) in [7, 11) is 0. The molecule has 2 rings (SSSR count). The van der Waals surface area contributed by atoms with Crippen LogP contribution in [0.1, 0.15) is 31.9 Å². The van der Waals surface area contributed by atoms with Crippen LogP contribution in [-0.4, -0.2) is 29.2 Å². The maximum Gasteiger partial charge on any atom is 0.129 e. The topological polar surface area (TPSA) is 47.0 Å². The predicted octanol–water partition coefficient (Wildman–Crippen LogP) is 1.80. The van der Waals surface area contributed by atoms with Gasteiger partial charge in [-0.1, -0.05) is 13.8 Å². The highest BCUT2D eigenvalue weighted by Crippen LogP contribution is 2.16. The zero-order valence-corrected chi connectivity index (χ0v) is 9.23. The number of nitrogens with one attached hydrogen (secondary N) is 1. The van der Waals surface area contributed by atoms with Gasteiger partial charge in [0, 0.05) is 18.4 Å².